The number of hydrogen-bond acceptors (Lipinski definition) is 2. The van der Waals surface area contributed by atoms with Crippen LogP contribution in [0.15, 0.2) is 30.5 Å². The number of aryl methyl sites for hydroxylation is 2. The second kappa shape index (κ2) is 6.71. The maximum atomic E-state index is 4.51. The maximum absolute atomic E-state index is 4.51. The molecule has 3 nitrogen and oxygen atoms in total. The van der Waals surface area contributed by atoms with Gasteiger partial charge in [-0.2, -0.15) is 5.10 Å². The molecule has 0 fully saturated rings. The molecule has 2 rings (SSSR count). The van der Waals surface area contributed by atoms with Crippen molar-refractivity contribution in [3.8, 4) is 11.1 Å². The van der Waals surface area contributed by atoms with Gasteiger partial charge in [-0.1, -0.05) is 31.2 Å². The molecule has 1 atom stereocenters. The van der Waals surface area contributed by atoms with Crippen LogP contribution < -0.4 is 5.32 Å². The number of nitrogens with zero attached hydrogens (tertiary/aromatic N) is 2. The van der Waals surface area contributed by atoms with Crippen LogP contribution in [0.25, 0.3) is 11.1 Å². The molecule has 0 spiro atoms. The van der Waals surface area contributed by atoms with E-state index < -0.39 is 0 Å². The van der Waals surface area contributed by atoms with Crippen LogP contribution in [0.1, 0.15) is 32.0 Å². The van der Waals surface area contributed by atoms with Crippen molar-refractivity contribution in [2.45, 2.75) is 46.7 Å². The van der Waals surface area contributed by atoms with E-state index in [1.165, 1.54) is 16.7 Å². The van der Waals surface area contributed by atoms with Gasteiger partial charge in [0.1, 0.15) is 0 Å². The van der Waals surface area contributed by atoms with Gasteiger partial charge >= 0.3 is 0 Å². The third kappa shape index (κ3) is 3.48. The van der Waals surface area contributed by atoms with Gasteiger partial charge in [0.25, 0.3) is 0 Å². The molecule has 0 saturated heterocycles. The lowest BCUT2D eigenvalue weighted by Gasteiger charge is -2.12. The first kappa shape index (κ1) is 14.8. The van der Waals surface area contributed by atoms with Crippen molar-refractivity contribution in [2.75, 3.05) is 6.54 Å². The summed E-state index contributed by atoms with van der Waals surface area (Å²) in [6.45, 7) is 10.5. The molecule has 2 aromatic rings. The van der Waals surface area contributed by atoms with Crippen molar-refractivity contribution in [3.05, 3.63) is 41.7 Å². The molecule has 1 aromatic heterocycles. The molecule has 0 bridgehead atoms. The third-order valence-corrected chi connectivity index (χ3v) is 3.63. The summed E-state index contributed by atoms with van der Waals surface area (Å²) in [5.41, 5.74) is 4.96. The molecule has 0 aliphatic heterocycles. The Morgan fingerprint density at radius 2 is 1.90 bits per heavy atom. The van der Waals surface area contributed by atoms with Gasteiger partial charge in [-0.05, 0) is 44.9 Å². The Kier molecular flexibility index (Phi) is 4.96. The van der Waals surface area contributed by atoms with Gasteiger partial charge in [0.05, 0.1) is 5.69 Å². The Hall–Kier alpha value is -1.61. The van der Waals surface area contributed by atoms with E-state index in [1.54, 1.807) is 0 Å². The summed E-state index contributed by atoms with van der Waals surface area (Å²) in [5, 5.41) is 7.95. The van der Waals surface area contributed by atoms with Crippen molar-refractivity contribution < 1.29 is 0 Å². The highest BCUT2D eigenvalue weighted by molar-refractivity contribution is 5.65. The first-order valence-corrected chi connectivity index (χ1v) is 7.50. The van der Waals surface area contributed by atoms with Crippen LogP contribution in [0, 0.1) is 6.92 Å². The van der Waals surface area contributed by atoms with Crippen molar-refractivity contribution in [1.82, 2.24) is 15.1 Å². The second-order valence-corrected chi connectivity index (χ2v) is 5.34. The standard InChI is InChI=1S/C17H25N3/c1-5-18-13(3)11-15-7-9-16(10-8-15)17-12-20(6-2)19-14(17)4/h7-10,12-13,18H,5-6,11H2,1-4H3. The molecule has 3 heteroatoms. The minimum absolute atomic E-state index is 0.524. The van der Waals surface area contributed by atoms with Crippen LogP contribution in [0.4, 0.5) is 0 Å². The van der Waals surface area contributed by atoms with E-state index in [4.69, 9.17) is 0 Å². The van der Waals surface area contributed by atoms with Gasteiger partial charge in [0, 0.05) is 24.3 Å². The summed E-state index contributed by atoms with van der Waals surface area (Å²) >= 11 is 0. The zero-order valence-corrected chi connectivity index (χ0v) is 13.0. The fraction of sp³-hybridized carbons (Fsp3) is 0.471. The minimum atomic E-state index is 0.524. The summed E-state index contributed by atoms with van der Waals surface area (Å²) in [6.07, 6.45) is 3.20. The molecule has 0 aliphatic carbocycles. The average Bonchev–Trinajstić information content (AvgIpc) is 2.81. The van der Waals surface area contributed by atoms with Crippen molar-refractivity contribution in [1.29, 1.82) is 0 Å². The van der Waals surface area contributed by atoms with Gasteiger partial charge in [0.15, 0.2) is 0 Å². The fourth-order valence-corrected chi connectivity index (χ4v) is 2.56. The Morgan fingerprint density at radius 3 is 2.45 bits per heavy atom. The lowest BCUT2D eigenvalue weighted by Crippen LogP contribution is -2.27. The van der Waals surface area contributed by atoms with E-state index in [0.717, 1.165) is 25.2 Å². The van der Waals surface area contributed by atoms with Gasteiger partial charge in [-0.15, -0.1) is 0 Å². The van der Waals surface area contributed by atoms with Crippen LogP contribution in [-0.2, 0) is 13.0 Å². The van der Waals surface area contributed by atoms with E-state index in [2.05, 4.69) is 68.6 Å². The van der Waals surface area contributed by atoms with Gasteiger partial charge in [0.2, 0.25) is 0 Å². The molecule has 0 amide bonds. The van der Waals surface area contributed by atoms with Crippen LogP contribution in [0.5, 0.6) is 0 Å². The number of benzene rings is 1. The van der Waals surface area contributed by atoms with Gasteiger partial charge in [-0.3, -0.25) is 4.68 Å². The van der Waals surface area contributed by atoms with E-state index in [0.29, 0.717) is 6.04 Å². The van der Waals surface area contributed by atoms with E-state index in [1.807, 2.05) is 4.68 Å². The van der Waals surface area contributed by atoms with E-state index in [-0.39, 0.29) is 0 Å². The number of hydrogen-bond donors (Lipinski definition) is 1. The summed E-state index contributed by atoms with van der Waals surface area (Å²) in [7, 11) is 0. The predicted octanol–water partition coefficient (Wildman–Crippen LogP) is 3.42. The SMILES string of the molecule is CCNC(C)Cc1ccc(-c2cn(CC)nc2C)cc1. The largest absolute Gasteiger partial charge is 0.314 e. The zero-order chi connectivity index (χ0) is 14.5. The topological polar surface area (TPSA) is 29.9 Å². The molecular formula is C17H25N3. The van der Waals surface area contributed by atoms with Gasteiger partial charge < -0.3 is 5.32 Å². The lowest BCUT2D eigenvalue weighted by molar-refractivity contribution is 0.565. The Morgan fingerprint density at radius 1 is 1.20 bits per heavy atom. The van der Waals surface area contributed by atoms with Crippen molar-refractivity contribution >= 4 is 0 Å². The highest BCUT2D eigenvalue weighted by atomic mass is 15.3. The normalized spacial score (nSPS) is 12.6. The van der Waals surface area contributed by atoms with Crippen molar-refractivity contribution in [2.24, 2.45) is 0 Å². The number of nitrogens with one attached hydrogen (secondary N) is 1. The van der Waals surface area contributed by atoms with Crippen LogP contribution in [0.2, 0.25) is 0 Å². The molecule has 108 valence electrons. The number of aromatic nitrogens is 2. The first-order valence-electron chi connectivity index (χ1n) is 7.50. The Bertz CT molecular complexity index is 540. The highest BCUT2D eigenvalue weighted by Gasteiger charge is 2.07. The average molecular weight is 271 g/mol. The maximum Gasteiger partial charge on any atom is 0.0672 e. The monoisotopic (exact) mass is 271 g/mol. The molecule has 0 aliphatic rings. The smallest absolute Gasteiger partial charge is 0.0672 e. The van der Waals surface area contributed by atoms with Crippen LogP contribution >= 0.6 is 0 Å². The quantitative estimate of drug-likeness (QED) is 0.872. The summed E-state index contributed by atoms with van der Waals surface area (Å²) < 4.78 is 1.99. The second-order valence-electron chi connectivity index (χ2n) is 5.34. The van der Waals surface area contributed by atoms with Crippen LogP contribution in [-0.4, -0.2) is 22.4 Å². The number of rotatable bonds is 6. The van der Waals surface area contributed by atoms with Gasteiger partial charge in [-0.25, -0.2) is 0 Å². The van der Waals surface area contributed by atoms with E-state index in [9.17, 15) is 0 Å². The Balaban J connectivity index is 2.13. The number of likely N-dealkylation sites (N-methyl/N-ethyl adjacent to an activating group) is 1. The molecule has 1 N–H and O–H groups in total. The molecule has 1 heterocycles. The zero-order valence-electron chi connectivity index (χ0n) is 13.0. The summed E-state index contributed by atoms with van der Waals surface area (Å²) in [5.74, 6) is 0. The summed E-state index contributed by atoms with van der Waals surface area (Å²) in [6, 6.07) is 9.39. The van der Waals surface area contributed by atoms with Crippen molar-refractivity contribution in [3.63, 3.8) is 0 Å². The van der Waals surface area contributed by atoms with E-state index >= 15 is 0 Å². The summed E-state index contributed by atoms with van der Waals surface area (Å²) in [4.78, 5) is 0. The highest BCUT2D eigenvalue weighted by Crippen LogP contribution is 2.23. The first-order chi connectivity index (χ1) is 9.63. The van der Waals surface area contributed by atoms with Crippen LogP contribution in [0.3, 0.4) is 0 Å². The minimum Gasteiger partial charge on any atom is -0.314 e. The molecule has 0 saturated carbocycles. The molecule has 1 aromatic carbocycles. The third-order valence-electron chi connectivity index (χ3n) is 3.63. The molecule has 20 heavy (non-hydrogen) atoms. The molecule has 0 radical (unpaired) electrons. The predicted molar refractivity (Wildman–Crippen MR) is 84.9 cm³/mol. The molecule has 1 unspecified atom stereocenters. The lowest BCUT2D eigenvalue weighted by atomic mass is 10.0. The Labute approximate surface area is 122 Å². The molecular weight excluding hydrogens is 246 g/mol. The fourth-order valence-electron chi connectivity index (χ4n) is 2.56.